The highest BCUT2D eigenvalue weighted by atomic mass is 35.5. The summed E-state index contributed by atoms with van der Waals surface area (Å²) in [5, 5.41) is 3.00. The van der Waals surface area contributed by atoms with Crippen molar-refractivity contribution >= 4 is 35.4 Å². The van der Waals surface area contributed by atoms with E-state index in [9.17, 15) is 22.8 Å². The lowest BCUT2D eigenvalue weighted by Crippen LogP contribution is -2.59. The highest BCUT2D eigenvalue weighted by molar-refractivity contribution is 6.31. The summed E-state index contributed by atoms with van der Waals surface area (Å²) in [6.07, 6.45) is 4.13. The number of carbonyl (C=O) groups excluding carboxylic acids is 2. The van der Waals surface area contributed by atoms with Crippen LogP contribution in [-0.4, -0.2) is 52.3 Å². The Morgan fingerprint density at radius 1 is 1.18 bits per heavy atom. The standard InChI is InChI=1S/C29H29ClF3N5O2/c1-19-10-11-28(18-39,38(19)27-34-12-5-13-35-27)17-37(22-7-4-6-20(31)14-22)25(23-8-2-3-9-24(23)30)26(40)36-21-15-29(32,33)16-21/h2-9,12-14,18-19,21,25H,10-11,15-17H2,1H3,(H,36,40). The Morgan fingerprint density at radius 3 is 2.55 bits per heavy atom. The number of aldehydes is 1. The second kappa shape index (κ2) is 11.1. The van der Waals surface area contributed by atoms with E-state index in [1.54, 1.807) is 53.7 Å². The van der Waals surface area contributed by atoms with E-state index >= 15 is 0 Å². The van der Waals surface area contributed by atoms with E-state index in [2.05, 4.69) is 15.3 Å². The van der Waals surface area contributed by atoms with Gasteiger partial charge in [0.05, 0.1) is 0 Å². The molecule has 1 amide bonds. The van der Waals surface area contributed by atoms with E-state index in [0.29, 0.717) is 30.0 Å². The van der Waals surface area contributed by atoms with Crippen LogP contribution in [0.1, 0.15) is 44.2 Å². The van der Waals surface area contributed by atoms with Gasteiger partial charge in [-0.05, 0) is 50.1 Å². The maximum atomic E-state index is 14.6. The fraction of sp³-hybridized carbons (Fsp3) is 0.379. The number of alkyl halides is 2. The first kappa shape index (κ1) is 27.9. The number of carbonyl (C=O) groups is 2. The normalized spacial score (nSPS) is 22.8. The fourth-order valence-corrected chi connectivity index (χ4v) is 5.98. The molecule has 0 radical (unpaired) electrons. The van der Waals surface area contributed by atoms with Gasteiger partial charge in [0.25, 0.3) is 5.92 Å². The largest absolute Gasteiger partial charge is 0.353 e. The van der Waals surface area contributed by atoms with Crippen LogP contribution in [0.4, 0.5) is 24.8 Å². The average molecular weight is 572 g/mol. The summed E-state index contributed by atoms with van der Waals surface area (Å²) in [6.45, 7) is 1.91. The molecule has 0 bridgehead atoms. The first-order valence-electron chi connectivity index (χ1n) is 13.1. The van der Waals surface area contributed by atoms with Gasteiger partial charge in [0, 0.05) is 60.1 Å². The molecule has 1 saturated heterocycles. The SMILES string of the molecule is CC1CCC(C=O)(CN(c2cccc(F)c2)C(C(=O)NC2CC(F)(F)C2)c2ccccc2Cl)N1c1ncccn1. The van der Waals surface area contributed by atoms with Crippen LogP contribution < -0.4 is 15.1 Å². The lowest BCUT2D eigenvalue weighted by atomic mass is 9.87. The van der Waals surface area contributed by atoms with Crippen molar-refractivity contribution in [2.75, 3.05) is 16.3 Å². The van der Waals surface area contributed by atoms with Gasteiger partial charge in [-0.2, -0.15) is 0 Å². The van der Waals surface area contributed by atoms with Gasteiger partial charge in [0.15, 0.2) is 0 Å². The molecule has 1 aromatic heterocycles. The Labute approximate surface area is 235 Å². The zero-order chi connectivity index (χ0) is 28.5. The van der Waals surface area contributed by atoms with Crippen LogP contribution in [0.3, 0.4) is 0 Å². The minimum atomic E-state index is -2.84. The number of aromatic nitrogens is 2. The van der Waals surface area contributed by atoms with Crippen molar-refractivity contribution < 1.29 is 22.8 Å². The third-order valence-corrected chi connectivity index (χ3v) is 8.03. The van der Waals surface area contributed by atoms with Crippen molar-refractivity contribution in [3.05, 3.63) is 83.4 Å². The first-order valence-corrected chi connectivity index (χ1v) is 13.5. The number of hydrogen-bond donors (Lipinski definition) is 1. The van der Waals surface area contributed by atoms with Crippen LogP contribution in [0.15, 0.2) is 67.0 Å². The third kappa shape index (κ3) is 5.50. The van der Waals surface area contributed by atoms with Crippen LogP contribution in [0.25, 0.3) is 0 Å². The van der Waals surface area contributed by atoms with Crippen LogP contribution in [0, 0.1) is 5.82 Å². The highest BCUT2D eigenvalue weighted by Crippen LogP contribution is 2.41. The molecule has 1 aliphatic carbocycles. The molecule has 7 nitrogen and oxygen atoms in total. The number of benzene rings is 2. The Kier molecular flexibility index (Phi) is 7.72. The molecule has 40 heavy (non-hydrogen) atoms. The first-order chi connectivity index (χ1) is 19.1. The summed E-state index contributed by atoms with van der Waals surface area (Å²) < 4.78 is 41.8. The van der Waals surface area contributed by atoms with Gasteiger partial charge in [0.1, 0.15) is 23.7 Å². The zero-order valence-corrected chi connectivity index (χ0v) is 22.6. The van der Waals surface area contributed by atoms with Crippen molar-refractivity contribution in [1.29, 1.82) is 0 Å². The molecular weight excluding hydrogens is 543 g/mol. The van der Waals surface area contributed by atoms with Crippen molar-refractivity contribution in [2.45, 2.75) is 62.2 Å². The lowest BCUT2D eigenvalue weighted by molar-refractivity contribution is -0.130. The predicted molar refractivity (Wildman–Crippen MR) is 146 cm³/mol. The summed E-state index contributed by atoms with van der Waals surface area (Å²) in [7, 11) is 0. The summed E-state index contributed by atoms with van der Waals surface area (Å²) in [5.74, 6) is -3.60. The molecule has 2 aromatic carbocycles. The second-order valence-corrected chi connectivity index (χ2v) is 10.9. The van der Waals surface area contributed by atoms with E-state index < -0.39 is 48.1 Å². The average Bonchev–Trinajstić information content (AvgIpc) is 3.24. The quantitative estimate of drug-likeness (QED) is 0.349. The molecule has 3 unspecified atom stereocenters. The molecule has 0 spiro atoms. The van der Waals surface area contributed by atoms with E-state index in [-0.39, 0.29) is 17.6 Å². The van der Waals surface area contributed by atoms with Gasteiger partial charge in [-0.15, -0.1) is 0 Å². The predicted octanol–water partition coefficient (Wildman–Crippen LogP) is 5.36. The molecule has 2 aliphatic rings. The van der Waals surface area contributed by atoms with Gasteiger partial charge >= 0.3 is 0 Å². The van der Waals surface area contributed by atoms with Crippen LogP contribution in [0.5, 0.6) is 0 Å². The number of anilines is 2. The molecular formula is C29H29ClF3N5O2. The Bertz CT molecular complexity index is 1370. The van der Waals surface area contributed by atoms with Gasteiger partial charge in [-0.25, -0.2) is 23.1 Å². The number of rotatable bonds is 9. The van der Waals surface area contributed by atoms with Crippen molar-refractivity contribution in [1.82, 2.24) is 15.3 Å². The van der Waals surface area contributed by atoms with E-state index in [1.807, 2.05) is 11.8 Å². The molecule has 1 saturated carbocycles. The van der Waals surface area contributed by atoms with E-state index in [4.69, 9.17) is 11.6 Å². The van der Waals surface area contributed by atoms with Crippen molar-refractivity contribution in [2.24, 2.45) is 0 Å². The van der Waals surface area contributed by atoms with Crippen LogP contribution >= 0.6 is 11.6 Å². The third-order valence-electron chi connectivity index (χ3n) is 7.68. The Balaban J connectivity index is 1.61. The maximum Gasteiger partial charge on any atom is 0.252 e. The zero-order valence-electron chi connectivity index (χ0n) is 21.8. The summed E-state index contributed by atoms with van der Waals surface area (Å²) in [5.41, 5.74) is -0.462. The number of nitrogens with one attached hydrogen (secondary N) is 1. The number of halogens is 4. The minimum Gasteiger partial charge on any atom is -0.353 e. The number of hydrogen-bond acceptors (Lipinski definition) is 6. The number of amides is 1. The molecule has 3 atom stereocenters. The smallest absolute Gasteiger partial charge is 0.252 e. The van der Waals surface area contributed by atoms with Crippen LogP contribution in [0.2, 0.25) is 5.02 Å². The van der Waals surface area contributed by atoms with Gasteiger partial charge < -0.3 is 19.9 Å². The summed E-state index contributed by atoms with van der Waals surface area (Å²) >= 11 is 6.59. The molecule has 5 rings (SSSR count). The summed E-state index contributed by atoms with van der Waals surface area (Å²) in [6, 6.07) is 12.1. The lowest BCUT2D eigenvalue weighted by Gasteiger charge is -2.44. The van der Waals surface area contributed by atoms with Crippen molar-refractivity contribution in [3.63, 3.8) is 0 Å². The Morgan fingerprint density at radius 2 is 1.90 bits per heavy atom. The van der Waals surface area contributed by atoms with Gasteiger partial charge in [-0.3, -0.25) is 4.79 Å². The minimum absolute atomic E-state index is 0.0489. The van der Waals surface area contributed by atoms with Gasteiger partial charge in [0.2, 0.25) is 11.9 Å². The Hall–Kier alpha value is -3.66. The molecule has 1 N–H and O–H groups in total. The summed E-state index contributed by atoms with van der Waals surface area (Å²) in [4.78, 5) is 39.1. The molecule has 11 heteroatoms. The monoisotopic (exact) mass is 571 g/mol. The van der Waals surface area contributed by atoms with E-state index in [0.717, 1.165) is 6.29 Å². The highest BCUT2D eigenvalue weighted by Gasteiger charge is 2.50. The second-order valence-electron chi connectivity index (χ2n) is 10.5. The maximum absolute atomic E-state index is 14.6. The van der Waals surface area contributed by atoms with Crippen LogP contribution in [-0.2, 0) is 9.59 Å². The molecule has 210 valence electrons. The molecule has 2 heterocycles. The molecule has 1 aliphatic heterocycles. The fourth-order valence-electron chi connectivity index (χ4n) is 5.74. The van der Waals surface area contributed by atoms with E-state index in [1.165, 1.54) is 18.2 Å². The topological polar surface area (TPSA) is 78.4 Å². The van der Waals surface area contributed by atoms with Gasteiger partial charge in [-0.1, -0.05) is 35.9 Å². The number of nitrogens with zero attached hydrogens (tertiary/aromatic N) is 4. The van der Waals surface area contributed by atoms with Crippen molar-refractivity contribution in [3.8, 4) is 0 Å². The molecule has 2 fully saturated rings. The molecule has 3 aromatic rings.